The Hall–Kier alpha value is -2.57. The van der Waals surface area contributed by atoms with E-state index in [1.807, 2.05) is 24.0 Å². The molecule has 1 aliphatic carbocycles. The molecule has 1 saturated carbocycles. The normalized spacial score (nSPS) is 15.6. The molecule has 7 nitrogen and oxygen atoms in total. The zero-order valence-corrected chi connectivity index (χ0v) is 17.9. The maximum Gasteiger partial charge on any atom is 0.282 e. The van der Waals surface area contributed by atoms with Crippen molar-refractivity contribution >= 4 is 44.8 Å². The van der Waals surface area contributed by atoms with Crippen LogP contribution in [0.2, 0.25) is 0 Å². The summed E-state index contributed by atoms with van der Waals surface area (Å²) in [7, 11) is -1.47. The minimum absolute atomic E-state index is 0.262. The highest BCUT2D eigenvalue weighted by Crippen LogP contribution is 2.34. The third-order valence-corrected chi connectivity index (χ3v) is 6.35. The number of carbonyl (C=O) groups is 2. The van der Waals surface area contributed by atoms with Gasteiger partial charge < -0.3 is 4.90 Å². The standard InChI is InChI=1S/C20H22N4O3S2/c1-13-18(19(26)23-29(2)27)22-20(28-13)24(12-15-5-9-17(25)10-6-15)16-7-3-14(11-21)4-8-16/h3-4,7-8,15H,5-6,9-10,12H2,1-2H3,(H,23,26). The van der Waals surface area contributed by atoms with Crippen LogP contribution in [0.1, 0.15) is 46.6 Å². The van der Waals surface area contributed by atoms with E-state index in [4.69, 9.17) is 5.26 Å². The summed E-state index contributed by atoms with van der Waals surface area (Å²) in [6, 6.07) is 9.35. The molecule has 0 radical (unpaired) electrons. The Morgan fingerprint density at radius 2 is 2.00 bits per heavy atom. The average molecular weight is 431 g/mol. The SMILES string of the molecule is Cc1sc(N(CC2CCC(=O)CC2)c2ccc(C#N)cc2)nc1C(=O)NS(C)=O. The monoisotopic (exact) mass is 430 g/mol. The molecule has 1 N–H and O–H groups in total. The lowest BCUT2D eigenvalue weighted by atomic mass is 9.88. The molecule has 1 aliphatic rings. The van der Waals surface area contributed by atoms with Crippen LogP contribution < -0.4 is 9.62 Å². The van der Waals surface area contributed by atoms with Gasteiger partial charge in [0.15, 0.2) is 5.13 Å². The number of hydrogen-bond donors (Lipinski definition) is 1. The number of benzene rings is 1. The Balaban J connectivity index is 1.92. The summed E-state index contributed by atoms with van der Waals surface area (Å²) in [6.07, 6.45) is 4.25. The number of thiazole rings is 1. The summed E-state index contributed by atoms with van der Waals surface area (Å²) < 4.78 is 13.7. The highest BCUT2D eigenvalue weighted by molar-refractivity contribution is 7.82. The van der Waals surface area contributed by atoms with Crippen molar-refractivity contribution in [2.24, 2.45) is 5.92 Å². The van der Waals surface area contributed by atoms with E-state index >= 15 is 0 Å². The van der Waals surface area contributed by atoms with Crippen molar-refractivity contribution in [3.8, 4) is 6.07 Å². The first kappa shape index (κ1) is 21.1. The van der Waals surface area contributed by atoms with Crippen molar-refractivity contribution < 1.29 is 13.8 Å². The van der Waals surface area contributed by atoms with Gasteiger partial charge >= 0.3 is 0 Å². The van der Waals surface area contributed by atoms with Crippen molar-refractivity contribution in [2.75, 3.05) is 17.7 Å². The van der Waals surface area contributed by atoms with Gasteiger partial charge in [0.1, 0.15) is 22.5 Å². The number of rotatable bonds is 6. The van der Waals surface area contributed by atoms with Crippen LogP contribution in [-0.2, 0) is 15.8 Å². The maximum atomic E-state index is 12.3. The van der Waals surface area contributed by atoms with E-state index in [0.717, 1.165) is 23.4 Å². The molecule has 0 aliphatic heterocycles. The van der Waals surface area contributed by atoms with Crippen LogP contribution in [0.5, 0.6) is 0 Å². The summed E-state index contributed by atoms with van der Waals surface area (Å²) in [5.74, 6) is 0.185. The fourth-order valence-corrected chi connectivity index (χ4v) is 4.63. The van der Waals surface area contributed by atoms with Crippen LogP contribution in [0.25, 0.3) is 0 Å². The molecule has 1 fully saturated rings. The third kappa shape index (κ3) is 5.28. The minimum atomic E-state index is -1.47. The lowest BCUT2D eigenvalue weighted by molar-refractivity contribution is -0.120. The molecular formula is C20H22N4O3S2. The molecule has 0 saturated heterocycles. The number of carbonyl (C=O) groups excluding carboxylic acids is 2. The van der Waals surface area contributed by atoms with Crippen molar-refractivity contribution in [3.05, 3.63) is 40.4 Å². The Kier molecular flexibility index (Phi) is 6.77. The number of anilines is 2. The van der Waals surface area contributed by atoms with Gasteiger partial charge in [-0.3, -0.25) is 14.3 Å². The van der Waals surface area contributed by atoms with Crippen LogP contribution >= 0.6 is 11.3 Å². The Morgan fingerprint density at radius 1 is 1.34 bits per heavy atom. The van der Waals surface area contributed by atoms with Gasteiger partial charge in [-0.15, -0.1) is 11.3 Å². The first-order chi connectivity index (χ1) is 13.9. The molecule has 152 valence electrons. The number of nitrogens with zero attached hydrogens (tertiary/aromatic N) is 3. The van der Waals surface area contributed by atoms with Gasteiger partial charge in [0.25, 0.3) is 5.91 Å². The fourth-order valence-electron chi connectivity index (χ4n) is 3.34. The molecule has 0 spiro atoms. The topological polar surface area (TPSA) is 103 Å². The molecule has 1 amide bonds. The molecule has 2 aromatic rings. The molecule has 3 rings (SSSR count). The van der Waals surface area contributed by atoms with E-state index in [0.29, 0.717) is 41.8 Å². The maximum absolute atomic E-state index is 12.3. The number of ketones is 1. The molecule has 9 heteroatoms. The highest BCUT2D eigenvalue weighted by Gasteiger charge is 2.25. The second-order valence-corrected chi connectivity index (χ2v) is 9.33. The van der Waals surface area contributed by atoms with E-state index in [1.54, 1.807) is 12.1 Å². The van der Waals surface area contributed by atoms with Gasteiger partial charge in [0.05, 0.1) is 11.6 Å². The first-order valence-electron chi connectivity index (χ1n) is 9.28. The number of amides is 1. The summed E-state index contributed by atoms with van der Waals surface area (Å²) >= 11 is 1.39. The van der Waals surface area contributed by atoms with Gasteiger partial charge in [-0.05, 0) is 49.9 Å². The molecule has 1 atom stereocenters. The lowest BCUT2D eigenvalue weighted by Gasteiger charge is -2.29. The lowest BCUT2D eigenvalue weighted by Crippen LogP contribution is -2.29. The number of Topliss-reactive ketones (excluding diaryl/α,β-unsaturated/α-hetero) is 1. The Morgan fingerprint density at radius 3 is 2.59 bits per heavy atom. The largest absolute Gasteiger partial charge is 0.318 e. The first-order valence-corrected chi connectivity index (χ1v) is 11.7. The Bertz CT molecular complexity index is 969. The van der Waals surface area contributed by atoms with Crippen LogP contribution in [0.4, 0.5) is 10.8 Å². The summed E-state index contributed by atoms with van der Waals surface area (Å²) in [5.41, 5.74) is 1.70. The quantitative estimate of drug-likeness (QED) is 0.755. The number of nitrogens with one attached hydrogen (secondary N) is 1. The van der Waals surface area contributed by atoms with Gasteiger partial charge in [-0.25, -0.2) is 9.19 Å². The second kappa shape index (κ2) is 9.29. The van der Waals surface area contributed by atoms with Gasteiger partial charge in [-0.1, -0.05) is 0 Å². The van der Waals surface area contributed by atoms with Gasteiger partial charge in [0.2, 0.25) is 0 Å². The predicted octanol–water partition coefficient (Wildman–Crippen LogP) is 3.24. The van der Waals surface area contributed by atoms with E-state index in [9.17, 15) is 13.8 Å². The van der Waals surface area contributed by atoms with Crippen LogP contribution in [0.15, 0.2) is 24.3 Å². The summed E-state index contributed by atoms with van der Waals surface area (Å²) in [5, 5.41) is 9.73. The molecule has 29 heavy (non-hydrogen) atoms. The summed E-state index contributed by atoms with van der Waals surface area (Å²) in [6.45, 7) is 2.48. The van der Waals surface area contributed by atoms with Crippen LogP contribution in [0, 0.1) is 24.2 Å². The van der Waals surface area contributed by atoms with Gasteiger partial charge in [-0.2, -0.15) is 5.26 Å². The molecule has 1 unspecified atom stereocenters. The summed E-state index contributed by atoms with van der Waals surface area (Å²) in [4.78, 5) is 31.2. The van der Waals surface area contributed by atoms with E-state index in [2.05, 4.69) is 15.8 Å². The number of aromatic nitrogens is 1. The molecule has 1 aromatic carbocycles. The van der Waals surface area contributed by atoms with Crippen molar-refractivity contribution in [3.63, 3.8) is 0 Å². The van der Waals surface area contributed by atoms with Crippen molar-refractivity contribution in [1.29, 1.82) is 5.26 Å². The highest BCUT2D eigenvalue weighted by atomic mass is 32.2. The second-order valence-electron chi connectivity index (χ2n) is 7.04. The molecule has 1 aromatic heterocycles. The predicted molar refractivity (Wildman–Crippen MR) is 114 cm³/mol. The van der Waals surface area contributed by atoms with Crippen LogP contribution in [-0.4, -0.2) is 33.7 Å². The Labute approximate surface area is 176 Å². The van der Waals surface area contributed by atoms with Crippen molar-refractivity contribution in [1.82, 2.24) is 9.71 Å². The fraction of sp³-hybridized carbons (Fsp3) is 0.400. The average Bonchev–Trinajstić information content (AvgIpc) is 3.08. The molecule has 1 heterocycles. The smallest absolute Gasteiger partial charge is 0.282 e. The minimum Gasteiger partial charge on any atom is -0.318 e. The zero-order chi connectivity index (χ0) is 21.0. The number of aryl methyl sites for hydroxylation is 1. The third-order valence-electron chi connectivity index (χ3n) is 4.88. The van der Waals surface area contributed by atoms with E-state index in [-0.39, 0.29) is 5.69 Å². The van der Waals surface area contributed by atoms with Crippen molar-refractivity contribution in [2.45, 2.75) is 32.6 Å². The van der Waals surface area contributed by atoms with E-state index < -0.39 is 16.9 Å². The zero-order valence-electron chi connectivity index (χ0n) is 16.3. The van der Waals surface area contributed by atoms with Gasteiger partial charge in [0, 0.05) is 36.2 Å². The van der Waals surface area contributed by atoms with Crippen LogP contribution in [0.3, 0.4) is 0 Å². The van der Waals surface area contributed by atoms with E-state index in [1.165, 1.54) is 17.6 Å². The number of hydrogen-bond acceptors (Lipinski definition) is 7. The molecule has 0 bridgehead atoms. The molecular weight excluding hydrogens is 408 g/mol. The number of nitriles is 1.